The fourth-order valence-electron chi connectivity index (χ4n) is 4.28. The third kappa shape index (κ3) is 6.05. The molecule has 3 rings (SSSR count). The summed E-state index contributed by atoms with van der Waals surface area (Å²) in [7, 11) is 0. The minimum absolute atomic E-state index is 0.0210. The van der Waals surface area contributed by atoms with Gasteiger partial charge in [-0.25, -0.2) is 9.18 Å². The van der Waals surface area contributed by atoms with Crippen LogP contribution in [0.25, 0.3) is 0 Å². The van der Waals surface area contributed by atoms with Gasteiger partial charge < -0.3 is 10.6 Å². The number of carbonyl (C=O) groups excluding carboxylic acids is 2. The topological polar surface area (TPSA) is 111 Å². The van der Waals surface area contributed by atoms with E-state index in [4.69, 9.17) is 5.73 Å². The van der Waals surface area contributed by atoms with Gasteiger partial charge in [0.05, 0.1) is 19.6 Å². The summed E-state index contributed by atoms with van der Waals surface area (Å²) < 4.78 is 15.4. The van der Waals surface area contributed by atoms with Gasteiger partial charge in [0, 0.05) is 25.7 Å². The lowest BCUT2D eigenvalue weighted by Gasteiger charge is -2.31. The predicted molar refractivity (Wildman–Crippen MR) is 132 cm³/mol. The molecular weight excluding hydrogens is 453 g/mol. The molecule has 1 aromatic carbocycles. The molecule has 9 nitrogen and oxygen atoms in total. The Bertz CT molecular complexity index is 1180. The number of benzene rings is 1. The Morgan fingerprint density at radius 2 is 1.66 bits per heavy atom. The Kier molecular flexibility index (Phi) is 8.61. The number of likely N-dealkylation sites (tertiary alicyclic amines) is 1. The number of Topliss-reactive ketones (excluding diaryl/α,β-unsaturated/α-hetero) is 1. The molecule has 0 saturated carbocycles. The largest absolute Gasteiger partial charge is 0.384 e. The first kappa shape index (κ1) is 26.3. The number of nitrogens with two attached hydrogens (primary N) is 1. The lowest BCUT2D eigenvalue weighted by Crippen LogP contribution is -2.48. The fourth-order valence-corrected chi connectivity index (χ4v) is 4.28. The zero-order valence-electron chi connectivity index (χ0n) is 20.6. The average molecular weight is 488 g/mol. The van der Waals surface area contributed by atoms with Crippen LogP contribution in [-0.2, 0) is 17.9 Å². The molecule has 0 atom stereocenters. The molecule has 1 amide bonds. The van der Waals surface area contributed by atoms with Crippen LogP contribution in [0.4, 0.5) is 10.2 Å². The van der Waals surface area contributed by atoms with Gasteiger partial charge in [0.1, 0.15) is 17.2 Å². The number of rotatable bonds is 9. The molecular formula is C25H34FN5O4. The van der Waals surface area contributed by atoms with E-state index >= 15 is 0 Å². The maximum absolute atomic E-state index is 13.4. The van der Waals surface area contributed by atoms with Crippen LogP contribution in [0.2, 0.25) is 0 Å². The third-order valence-corrected chi connectivity index (χ3v) is 6.44. The van der Waals surface area contributed by atoms with Gasteiger partial charge in [-0.3, -0.25) is 28.4 Å². The van der Waals surface area contributed by atoms with Gasteiger partial charge in [-0.05, 0) is 57.7 Å². The van der Waals surface area contributed by atoms with Crippen LogP contribution in [0, 0.1) is 5.82 Å². The van der Waals surface area contributed by atoms with Crippen molar-refractivity contribution >= 4 is 17.5 Å². The van der Waals surface area contributed by atoms with Crippen LogP contribution in [0.1, 0.15) is 56.0 Å². The number of piperidine rings is 1. The van der Waals surface area contributed by atoms with Crippen LogP contribution < -0.4 is 17.0 Å². The van der Waals surface area contributed by atoms with Crippen LogP contribution in [0.5, 0.6) is 0 Å². The molecule has 10 heteroatoms. The SMILES string of the molecule is CCn1c(=O)c(C(=O)CN(CC(=O)N2CCCCC2)C(C)C)c(N)n(Cc2ccc(F)cc2)c1=O. The Balaban J connectivity index is 1.91. The van der Waals surface area contributed by atoms with E-state index < -0.39 is 22.8 Å². The number of carbonyl (C=O) groups is 2. The highest BCUT2D eigenvalue weighted by Gasteiger charge is 2.27. The quantitative estimate of drug-likeness (QED) is 0.539. The minimum atomic E-state index is -0.749. The molecule has 35 heavy (non-hydrogen) atoms. The van der Waals surface area contributed by atoms with E-state index in [0.29, 0.717) is 18.7 Å². The first-order chi connectivity index (χ1) is 16.6. The summed E-state index contributed by atoms with van der Waals surface area (Å²) in [5.41, 5.74) is 5.15. The van der Waals surface area contributed by atoms with Crippen molar-refractivity contribution in [3.05, 3.63) is 62.0 Å². The van der Waals surface area contributed by atoms with Gasteiger partial charge in [0.25, 0.3) is 5.56 Å². The Labute approximate surface area is 203 Å². The smallest absolute Gasteiger partial charge is 0.332 e. The molecule has 0 bridgehead atoms. The normalized spacial score (nSPS) is 14.1. The van der Waals surface area contributed by atoms with E-state index in [1.165, 1.54) is 24.3 Å². The maximum Gasteiger partial charge on any atom is 0.332 e. The van der Waals surface area contributed by atoms with E-state index in [-0.39, 0.29) is 49.5 Å². The maximum atomic E-state index is 13.4. The van der Waals surface area contributed by atoms with Gasteiger partial charge >= 0.3 is 5.69 Å². The van der Waals surface area contributed by atoms with Crippen molar-refractivity contribution in [3.63, 3.8) is 0 Å². The molecule has 1 aromatic heterocycles. The molecule has 190 valence electrons. The summed E-state index contributed by atoms with van der Waals surface area (Å²) in [4.78, 5) is 55.7. The number of hydrogen-bond acceptors (Lipinski definition) is 6. The highest BCUT2D eigenvalue weighted by Crippen LogP contribution is 2.13. The van der Waals surface area contributed by atoms with Crippen molar-refractivity contribution in [2.24, 2.45) is 0 Å². The lowest BCUT2D eigenvalue weighted by molar-refractivity contribution is -0.133. The Morgan fingerprint density at radius 1 is 1.03 bits per heavy atom. The standard InChI is InChI=1S/C25H34FN5O4/c1-4-30-24(34)22(23(27)31(25(30)35)14-18-8-10-19(26)11-9-18)20(32)15-29(17(2)3)16-21(33)28-12-6-5-7-13-28/h8-11,17H,4-7,12-16,27H2,1-3H3. The number of anilines is 1. The molecule has 0 radical (unpaired) electrons. The molecule has 1 fully saturated rings. The molecule has 0 aliphatic carbocycles. The summed E-state index contributed by atoms with van der Waals surface area (Å²) >= 11 is 0. The summed E-state index contributed by atoms with van der Waals surface area (Å²) in [6.07, 6.45) is 3.04. The van der Waals surface area contributed by atoms with E-state index in [0.717, 1.165) is 28.4 Å². The van der Waals surface area contributed by atoms with Crippen molar-refractivity contribution in [3.8, 4) is 0 Å². The zero-order chi connectivity index (χ0) is 25.7. The van der Waals surface area contributed by atoms with Crippen LogP contribution >= 0.6 is 0 Å². The molecule has 2 N–H and O–H groups in total. The van der Waals surface area contributed by atoms with Crippen molar-refractivity contribution < 1.29 is 14.0 Å². The molecule has 1 aliphatic heterocycles. The number of nitrogens with zero attached hydrogens (tertiary/aromatic N) is 4. The monoisotopic (exact) mass is 487 g/mol. The Hall–Kier alpha value is -3.27. The second-order valence-electron chi connectivity index (χ2n) is 9.17. The van der Waals surface area contributed by atoms with E-state index in [1.54, 1.807) is 11.8 Å². The van der Waals surface area contributed by atoms with Crippen molar-refractivity contribution in [2.75, 3.05) is 31.9 Å². The minimum Gasteiger partial charge on any atom is -0.384 e. The first-order valence-corrected chi connectivity index (χ1v) is 12.1. The highest BCUT2D eigenvalue weighted by molar-refractivity contribution is 6.01. The molecule has 2 heterocycles. The number of hydrogen-bond donors (Lipinski definition) is 1. The van der Waals surface area contributed by atoms with E-state index in [1.807, 2.05) is 18.7 Å². The van der Waals surface area contributed by atoms with Crippen LogP contribution in [-0.4, -0.2) is 62.8 Å². The predicted octanol–water partition coefficient (Wildman–Crippen LogP) is 1.71. The van der Waals surface area contributed by atoms with Gasteiger partial charge in [0.2, 0.25) is 5.91 Å². The Morgan fingerprint density at radius 3 is 2.23 bits per heavy atom. The number of aromatic nitrogens is 2. The average Bonchev–Trinajstić information content (AvgIpc) is 2.83. The van der Waals surface area contributed by atoms with Crippen LogP contribution in [0.3, 0.4) is 0 Å². The van der Waals surface area contributed by atoms with Gasteiger partial charge in [-0.1, -0.05) is 12.1 Å². The van der Waals surface area contributed by atoms with Gasteiger partial charge in [-0.2, -0.15) is 0 Å². The number of amides is 1. The summed E-state index contributed by atoms with van der Waals surface area (Å²) in [6.45, 7) is 6.71. The molecule has 1 saturated heterocycles. The second kappa shape index (κ2) is 11.4. The van der Waals surface area contributed by atoms with Gasteiger partial charge in [0.15, 0.2) is 5.78 Å². The molecule has 0 unspecified atom stereocenters. The van der Waals surface area contributed by atoms with Crippen molar-refractivity contribution in [2.45, 2.75) is 59.2 Å². The first-order valence-electron chi connectivity index (χ1n) is 12.1. The van der Waals surface area contributed by atoms with E-state index in [2.05, 4.69) is 0 Å². The molecule has 2 aromatic rings. The number of halogens is 1. The molecule has 0 spiro atoms. The van der Waals surface area contributed by atoms with Crippen LogP contribution in [0.15, 0.2) is 33.9 Å². The van der Waals surface area contributed by atoms with Gasteiger partial charge in [-0.15, -0.1) is 0 Å². The van der Waals surface area contributed by atoms with E-state index in [9.17, 15) is 23.6 Å². The van der Waals surface area contributed by atoms with Crippen molar-refractivity contribution in [1.29, 1.82) is 0 Å². The fraction of sp³-hybridized carbons (Fsp3) is 0.520. The highest BCUT2D eigenvalue weighted by atomic mass is 19.1. The molecule has 1 aliphatic rings. The number of ketones is 1. The zero-order valence-corrected chi connectivity index (χ0v) is 20.6. The second-order valence-corrected chi connectivity index (χ2v) is 9.17. The number of nitrogen functional groups attached to an aromatic ring is 1. The summed E-state index contributed by atoms with van der Waals surface area (Å²) in [6, 6.07) is 5.41. The summed E-state index contributed by atoms with van der Waals surface area (Å²) in [5.74, 6) is -1.25. The lowest BCUT2D eigenvalue weighted by atomic mass is 10.1. The van der Waals surface area contributed by atoms with Crippen molar-refractivity contribution in [1.82, 2.24) is 18.9 Å². The third-order valence-electron chi connectivity index (χ3n) is 6.44. The summed E-state index contributed by atoms with van der Waals surface area (Å²) in [5, 5.41) is 0.